The minimum Gasteiger partial charge on any atom is -0.497 e. The summed E-state index contributed by atoms with van der Waals surface area (Å²) in [7, 11) is 1.57. The number of hydrogen-bond acceptors (Lipinski definition) is 3. The second kappa shape index (κ2) is 6.41. The van der Waals surface area contributed by atoms with Crippen LogP contribution in [-0.2, 0) is 9.59 Å². The zero-order chi connectivity index (χ0) is 14.5. The van der Waals surface area contributed by atoms with Gasteiger partial charge in [-0.3, -0.25) is 9.59 Å². The summed E-state index contributed by atoms with van der Waals surface area (Å²) in [6.45, 7) is 0. The molecule has 5 nitrogen and oxygen atoms in total. The number of hydrogen-bond donors (Lipinski definition) is 2. The molecule has 1 atom stereocenters. The van der Waals surface area contributed by atoms with E-state index in [0.717, 1.165) is 24.8 Å². The van der Waals surface area contributed by atoms with Gasteiger partial charge in [-0.1, -0.05) is 18.6 Å². The standard InChI is InChI=1S/C15H19NO4/c1-20-12-7-5-10(6-8-12)13(9-14(17)18)16-15(19)11-3-2-4-11/h5-8,11,13H,2-4,9H2,1H3,(H,16,19)(H,17,18)/t13-/m1/s1. The van der Waals surface area contributed by atoms with Crippen molar-refractivity contribution in [2.75, 3.05) is 7.11 Å². The van der Waals surface area contributed by atoms with Crippen LogP contribution in [0.4, 0.5) is 0 Å². The van der Waals surface area contributed by atoms with E-state index in [1.54, 1.807) is 31.4 Å². The number of nitrogens with one attached hydrogen (secondary N) is 1. The molecule has 1 aliphatic carbocycles. The molecule has 1 fully saturated rings. The minimum absolute atomic E-state index is 0.0432. The molecule has 1 amide bonds. The molecule has 0 radical (unpaired) electrons. The topological polar surface area (TPSA) is 75.6 Å². The number of carboxylic acids is 1. The molecule has 0 spiro atoms. The van der Waals surface area contributed by atoms with Gasteiger partial charge in [-0.05, 0) is 30.5 Å². The minimum atomic E-state index is -0.931. The Hall–Kier alpha value is -2.04. The number of amides is 1. The lowest BCUT2D eigenvalue weighted by Crippen LogP contribution is -2.37. The second-order valence-corrected chi connectivity index (χ2v) is 5.06. The van der Waals surface area contributed by atoms with Crippen molar-refractivity contribution in [1.29, 1.82) is 0 Å². The van der Waals surface area contributed by atoms with Gasteiger partial charge in [-0.25, -0.2) is 0 Å². The first-order valence-corrected chi connectivity index (χ1v) is 6.76. The molecule has 1 aromatic rings. The first kappa shape index (κ1) is 14.4. The van der Waals surface area contributed by atoms with Crippen LogP contribution in [0.1, 0.15) is 37.3 Å². The van der Waals surface area contributed by atoms with E-state index in [0.29, 0.717) is 5.75 Å². The quantitative estimate of drug-likeness (QED) is 0.835. The maximum Gasteiger partial charge on any atom is 0.305 e. The molecule has 0 aliphatic heterocycles. The number of ether oxygens (including phenoxy) is 1. The van der Waals surface area contributed by atoms with Crippen molar-refractivity contribution in [3.63, 3.8) is 0 Å². The highest BCUT2D eigenvalue weighted by Crippen LogP contribution is 2.28. The van der Waals surface area contributed by atoms with Crippen LogP contribution >= 0.6 is 0 Å². The van der Waals surface area contributed by atoms with E-state index in [1.807, 2.05) is 0 Å². The molecule has 2 N–H and O–H groups in total. The number of methoxy groups -OCH3 is 1. The van der Waals surface area contributed by atoms with Crippen molar-refractivity contribution >= 4 is 11.9 Å². The molecule has 20 heavy (non-hydrogen) atoms. The fourth-order valence-electron chi connectivity index (χ4n) is 2.22. The number of carboxylic acid groups (broad SMARTS) is 1. The van der Waals surface area contributed by atoms with Crippen LogP contribution in [0.15, 0.2) is 24.3 Å². The lowest BCUT2D eigenvalue weighted by Gasteiger charge is -2.27. The molecule has 0 unspecified atom stereocenters. The maximum atomic E-state index is 12.0. The molecular formula is C15H19NO4. The number of carbonyl (C=O) groups is 2. The van der Waals surface area contributed by atoms with Crippen molar-refractivity contribution in [3.05, 3.63) is 29.8 Å². The largest absolute Gasteiger partial charge is 0.497 e. The smallest absolute Gasteiger partial charge is 0.305 e. The highest BCUT2D eigenvalue weighted by molar-refractivity contribution is 5.80. The Labute approximate surface area is 117 Å². The molecule has 1 aromatic carbocycles. The molecule has 2 rings (SSSR count). The third-order valence-electron chi connectivity index (χ3n) is 3.69. The molecule has 5 heteroatoms. The zero-order valence-corrected chi connectivity index (χ0v) is 11.5. The highest BCUT2D eigenvalue weighted by Gasteiger charge is 2.28. The highest BCUT2D eigenvalue weighted by atomic mass is 16.5. The van der Waals surface area contributed by atoms with Gasteiger partial charge in [0, 0.05) is 5.92 Å². The monoisotopic (exact) mass is 277 g/mol. The van der Waals surface area contributed by atoms with E-state index in [-0.39, 0.29) is 18.2 Å². The Morgan fingerprint density at radius 3 is 2.45 bits per heavy atom. The third-order valence-corrected chi connectivity index (χ3v) is 3.69. The van der Waals surface area contributed by atoms with Crippen molar-refractivity contribution in [2.24, 2.45) is 5.92 Å². The Kier molecular flexibility index (Phi) is 4.61. The fraction of sp³-hybridized carbons (Fsp3) is 0.467. The van der Waals surface area contributed by atoms with E-state index in [9.17, 15) is 9.59 Å². The number of aliphatic carboxylic acids is 1. The van der Waals surface area contributed by atoms with E-state index < -0.39 is 12.0 Å². The van der Waals surface area contributed by atoms with Gasteiger partial charge in [-0.2, -0.15) is 0 Å². The molecule has 0 saturated heterocycles. The summed E-state index contributed by atoms with van der Waals surface area (Å²) < 4.78 is 5.07. The predicted octanol–water partition coefficient (Wildman–Crippen LogP) is 2.13. The molecule has 1 aliphatic rings. The first-order valence-electron chi connectivity index (χ1n) is 6.76. The molecule has 0 heterocycles. The van der Waals surface area contributed by atoms with E-state index in [2.05, 4.69) is 5.32 Å². The summed E-state index contributed by atoms with van der Waals surface area (Å²) in [5.74, 6) is -0.226. The molecular weight excluding hydrogens is 258 g/mol. The molecule has 0 aromatic heterocycles. The molecule has 0 bridgehead atoms. The van der Waals surface area contributed by atoms with Crippen LogP contribution in [0.2, 0.25) is 0 Å². The van der Waals surface area contributed by atoms with Crippen LogP contribution < -0.4 is 10.1 Å². The molecule has 108 valence electrons. The predicted molar refractivity (Wildman–Crippen MR) is 73.5 cm³/mol. The summed E-state index contributed by atoms with van der Waals surface area (Å²) in [6.07, 6.45) is 2.75. The fourth-order valence-corrected chi connectivity index (χ4v) is 2.22. The Bertz CT molecular complexity index is 479. The van der Waals surface area contributed by atoms with Gasteiger partial charge in [0.1, 0.15) is 5.75 Å². The SMILES string of the molecule is COc1ccc([C@@H](CC(=O)O)NC(=O)C2CCC2)cc1. The lowest BCUT2D eigenvalue weighted by atomic mass is 9.84. The van der Waals surface area contributed by atoms with E-state index in [4.69, 9.17) is 9.84 Å². The van der Waals surface area contributed by atoms with E-state index in [1.165, 1.54) is 0 Å². The van der Waals surface area contributed by atoms with Crippen LogP contribution in [0.25, 0.3) is 0 Å². The van der Waals surface area contributed by atoms with Gasteiger partial charge in [-0.15, -0.1) is 0 Å². The average Bonchev–Trinajstić information content (AvgIpc) is 2.35. The van der Waals surface area contributed by atoms with Gasteiger partial charge in [0.05, 0.1) is 19.6 Å². The Balaban J connectivity index is 2.08. The summed E-state index contributed by atoms with van der Waals surface area (Å²) in [5, 5.41) is 11.8. The normalized spacial score (nSPS) is 16.1. The summed E-state index contributed by atoms with van der Waals surface area (Å²) >= 11 is 0. The third kappa shape index (κ3) is 3.50. The average molecular weight is 277 g/mol. The zero-order valence-electron chi connectivity index (χ0n) is 11.5. The van der Waals surface area contributed by atoms with Gasteiger partial charge >= 0.3 is 5.97 Å². The van der Waals surface area contributed by atoms with Crippen molar-refractivity contribution in [2.45, 2.75) is 31.7 Å². The van der Waals surface area contributed by atoms with Crippen LogP contribution in [0.3, 0.4) is 0 Å². The van der Waals surface area contributed by atoms with Crippen molar-refractivity contribution in [1.82, 2.24) is 5.32 Å². The first-order chi connectivity index (χ1) is 9.60. The van der Waals surface area contributed by atoms with Gasteiger partial charge in [0.2, 0.25) is 5.91 Å². The van der Waals surface area contributed by atoms with Crippen LogP contribution in [0.5, 0.6) is 5.75 Å². The van der Waals surface area contributed by atoms with Gasteiger partial charge < -0.3 is 15.2 Å². The summed E-state index contributed by atoms with van der Waals surface area (Å²) in [4.78, 5) is 22.9. The second-order valence-electron chi connectivity index (χ2n) is 5.06. The lowest BCUT2D eigenvalue weighted by molar-refractivity contribution is -0.138. The summed E-state index contributed by atoms with van der Waals surface area (Å²) in [5.41, 5.74) is 0.779. The van der Waals surface area contributed by atoms with Crippen molar-refractivity contribution < 1.29 is 19.4 Å². The number of carbonyl (C=O) groups excluding carboxylic acids is 1. The Morgan fingerprint density at radius 1 is 1.35 bits per heavy atom. The Morgan fingerprint density at radius 2 is 2.00 bits per heavy atom. The van der Waals surface area contributed by atoms with Crippen LogP contribution in [0, 0.1) is 5.92 Å². The van der Waals surface area contributed by atoms with Gasteiger partial charge in [0.25, 0.3) is 0 Å². The van der Waals surface area contributed by atoms with E-state index >= 15 is 0 Å². The molecule has 1 saturated carbocycles. The van der Waals surface area contributed by atoms with Crippen LogP contribution in [-0.4, -0.2) is 24.1 Å². The number of rotatable bonds is 6. The number of benzene rings is 1. The van der Waals surface area contributed by atoms with Crippen molar-refractivity contribution in [3.8, 4) is 5.75 Å². The van der Waals surface area contributed by atoms with Gasteiger partial charge in [0.15, 0.2) is 0 Å². The maximum absolute atomic E-state index is 12.0. The summed E-state index contributed by atoms with van der Waals surface area (Å²) in [6, 6.07) is 6.60.